The molecule has 0 bridgehead atoms. The number of carbonyl (C=O) groups excluding carboxylic acids is 2. The van der Waals surface area contributed by atoms with Crippen LogP contribution < -0.4 is 0 Å². The Bertz CT molecular complexity index is 392. The molecule has 1 aliphatic rings. The number of rotatable bonds is 7. The Balaban J connectivity index is 2.75. The van der Waals surface area contributed by atoms with Crippen molar-refractivity contribution in [2.45, 2.75) is 25.9 Å². The summed E-state index contributed by atoms with van der Waals surface area (Å²) in [5, 5.41) is 19.0. The number of ether oxygens (including phenoxy) is 4. The van der Waals surface area contributed by atoms with Crippen LogP contribution in [-0.2, 0) is 28.5 Å². The fourth-order valence-electron chi connectivity index (χ4n) is 1.53. The van der Waals surface area contributed by atoms with Gasteiger partial charge in [-0.1, -0.05) is 13.8 Å². The Morgan fingerprint density at radius 2 is 1.90 bits per heavy atom. The molecule has 1 aliphatic heterocycles. The second-order valence-corrected chi connectivity index (χ2v) is 4.64. The lowest BCUT2D eigenvalue weighted by molar-refractivity contribution is -0.330. The average Bonchev–Trinajstić information content (AvgIpc) is 2.42. The van der Waals surface area contributed by atoms with E-state index in [0.717, 1.165) is 12.2 Å². The zero-order valence-corrected chi connectivity index (χ0v) is 12.0. The van der Waals surface area contributed by atoms with E-state index in [2.05, 4.69) is 0 Å². The number of aliphatic hydroxyl groups is 2. The minimum Gasteiger partial charge on any atom is -0.425 e. The van der Waals surface area contributed by atoms with Crippen molar-refractivity contribution in [2.75, 3.05) is 26.4 Å². The summed E-state index contributed by atoms with van der Waals surface area (Å²) in [6.45, 7) is 3.29. The van der Waals surface area contributed by atoms with E-state index in [0.29, 0.717) is 0 Å². The molecule has 8 heteroatoms. The van der Waals surface area contributed by atoms with Gasteiger partial charge in [-0.15, -0.1) is 0 Å². The van der Waals surface area contributed by atoms with Crippen LogP contribution in [0.25, 0.3) is 0 Å². The van der Waals surface area contributed by atoms with Crippen molar-refractivity contribution in [1.29, 1.82) is 0 Å². The van der Waals surface area contributed by atoms with E-state index in [1.165, 1.54) is 0 Å². The van der Waals surface area contributed by atoms with Crippen molar-refractivity contribution in [3.05, 3.63) is 12.2 Å². The standard InChI is InChI=1S/C13H20O8/c1-9(2)13(17)12(19-8-7-18-6-5-14)20-10(15)3-4-11(16)21-13/h3-4,9,12,14,17H,5-8H2,1-2H3/b4-3-. The van der Waals surface area contributed by atoms with E-state index < -0.39 is 29.9 Å². The molecule has 0 aromatic rings. The first-order valence-electron chi connectivity index (χ1n) is 6.54. The van der Waals surface area contributed by atoms with E-state index >= 15 is 0 Å². The lowest BCUT2D eigenvalue weighted by atomic mass is 10.0. The highest BCUT2D eigenvalue weighted by molar-refractivity contribution is 5.92. The highest BCUT2D eigenvalue weighted by atomic mass is 16.8. The molecule has 2 unspecified atom stereocenters. The maximum atomic E-state index is 11.5. The number of aliphatic hydroxyl groups excluding tert-OH is 1. The molecule has 0 saturated carbocycles. The summed E-state index contributed by atoms with van der Waals surface area (Å²) < 4.78 is 20.1. The van der Waals surface area contributed by atoms with Crippen LogP contribution in [0.2, 0.25) is 0 Å². The van der Waals surface area contributed by atoms with Gasteiger partial charge in [0.25, 0.3) is 12.1 Å². The third-order valence-corrected chi connectivity index (χ3v) is 2.74. The highest BCUT2D eigenvalue weighted by Crippen LogP contribution is 2.28. The van der Waals surface area contributed by atoms with Crippen molar-refractivity contribution in [1.82, 2.24) is 0 Å². The zero-order chi connectivity index (χ0) is 15.9. The largest absolute Gasteiger partial charge is 0.425 e. The SMILES string of the molecule is CC(C)C1(O)OC(=O)/C=C\C(=O)OC1OCCOCCO. The smallest absolute Gasteiger partial charge is 0.333 e. The molecule has 0 aromatic heterocycles. The van der Waals surface area contributed by atoms with Gasteiger partial charge in [-0.3, -0.25) is 0 Å². The van der Waals surface area contributed by atoms with E-state index in [1.807, 2.05) is 0 Å². The number of cyclic esters (lactones) is 2. The van der Waals surface area contributed by atoms with Gasteiger partial charge < -0.3 is 29.2 Å². The molecule has 21 heavy (non-hydrogen) atoms. The van der Waals surface area contributed by atoms with Crippen molar-refractivity contribution in [2.24, 2.45) is 5.92 Å². The summed E-state index contributed by atoms with van der Waals surface area (Å²) in [5.41, 5.74) is 0. The first kappa shape index (κ1) is 17.6. The lowest BCUT2D eigenvalue weighted by Crippen LogP contribution is -2.54. The maximum absolute atomic E-state index is 11.5. The van der Waals surface area contributed by atoms with E-state index in [9.17, 15) is 14.7 Å². The van der Waals surface area contributed by atoms with Gasteiger partial charge in [-0.2, -0.15) is 0 Å². The highest BCUT2D eigenvalue weighted by Gasteiger charge is 2.48. The van der Waals surface area contributed by atoms with Crippen LogP contribution in [0, 0.1) is 5.92 Å². The van der Waals surface area contributed by atoms with Gasteiger partial charge in [-0.05, 0) is 0 Å². The van der Waals surface area contributed by atoms with Crippen LogP contribution >= 0.6 is 0 Å². The molecule has 0 saturated heterocycles. The van der Waals surface area contributed by atoms with Gasteiger partial charge in [0.2, 0.25) is 0 Å². The Morgan fingerprint density at radius 3 is 2.52 bits per heavy atom. The number of hydrogen-bond acceptors (Lipinski definition) is 8. The molecule has 0 aromatic carbocycles. The quantitative estimate of drug-likeness (QED) is 0.471. The normalized spacial score (nSPS) is 27.8. The summed E-state index contributed by atoms with van der Waals surface area (Å²) >= 11 is 0. The van der Waals surface area contributed by atoms with Crippen LogP contribution in [0.5, 0.6) is 0 Å². The molecule has 1 rings (SSSR count). The van der Waals surface area contributed by atoms with Gasteiger partial charge >= 0.3 is 11.9 Å². The second kappa shape index (κ2) is 8.08. The molecule has 2 atom stereocenters. The molecule has 0 spiro atoms. The Morgan fingerprint density at radius 1 is 1.24 bits per heavy atom. The van der Waals surface area contributed by atoms with Crippen LogP contribution in [-0.4, -0.2) is 60.7 Å². The lowest BCUT2D eigenvalue weighted by Gasteiger charge is -2.37. The van der Waals surface area contributed by atoms with Crippen LogP contribution in [0.3, 0.4) is 0 Å². The average molecular weight is 304 g/mol. The summed E-state index contributed by atoms with van der Waals surface area (Å²) in [6, 6.07) is 0. The fraction of sp³-hybridized carbons (Fsp3) is 0.692. The van der Waals surface area contributed by atoms with Gasteiger partial charge in [0.1, 0.15) is 0 Å². The van der Waals surface area contributed by atoms with Crippen LogP contribution in [0.4, 0.5) is 0 Å². The molecule has 120 valence electrons. The molecule has 2 N–H and O–H groups in total. The summed E-state index contributed by atoms with van der Waals surface area (Å²) in [5.74, 6) is -4.38. The maximum Gasteiger partial charge on any atom is 0.333 e. The molecule has 0 amide bonds. The summed E-state index contributed by atoms with van der Waals surface area (Å²) in [4.78, 5) is 22.9. The van der Waals surface area contributed by atoms with Gasteiger partial charge in [0.15, 0.2) is 0 Å². The van der Waals surface area contributed by atoms with E-state index in [-0.39, 0.29) is 26.4 Å². The van der Waals surface area contributed by atoms with Gasteiger partial charge in [-0.25, -0.2) is 9.59 Å². The zero-order valence-electron chi connectivity index (χ0n) is 12.0. The Kier molecular flexibility index (Phi) is 6.76. The predicted molar refractivity (Wildman–Crippen MR) is 68.8 cm³/mol. The molecule has 0 fully saturated rings. The number of esters is 2. The molecule has 0 radical (unpaired) electrons. The topological polar surface area (TPSA) is 112 Å². The van der Waals surface area contributed by atoms with Gasteiger partial charge in [0, 0.05) is 18.1 Å². The third kappa shape index (κ3) is 5.09. The fourth-order valence-corrected chi connectivity index (χ4v) is 1.53. The summed E-state index contributed by atoms with van der Waals surface area (Å²) in [7, 11) is 0. The number of carbonyl (C=O) groups is 2. The van der Waals surface area contributed by atoms with Gasteiger partial charge in [0.05, 0.1) is 26.4 Å². The first-order valence-corrected chi connectivity index (χ1v) is 6.54. The molecular weight excluding hydrogens is 284 g/mol. The molecule has 1 heterocycles. The molecule has 0 aliphatic carbocycles. The van der Waals surface area contributed by atoms with Crippen molar-refractivity contribution in [3.8, 4) is 0 Å². The number of hydrogen-bond donors (Lipinski definition) is 2. The second-order valence-electron chi connectivity index (χ2n) is 4.64. The monoisotopic (exact) mass is 304 g/mol. The molecular formula is C13H20O8. The minimum atomic E-state index is -2.10. The third-order valence-electron chi connectivity index (χ3n) is 2.74. The van der Waals surface area contributed by atoms with Crippen molar-refractivity contribution in [3.63, 3.8) is 0 Å². The molecule has 8 nitrogen and oxygen atoms in total. The minimum absolute atomic E-state index is 0.0196. The van der Waals surface area contributed by atoms with E-state index in [4.69, 9.17) is 24.1 Å². The summed E-state index contributed by atoms with van der Waals surface area (Å²) in [6.07, 6.45) is 0.286. The van der Waals surface area contributed by atoms with Crippen molar-refractivity contribution >= 4 is 11.9 Å². The first-order chi connectivity index (χ1) is 9.90. The van der Waals surface area contributed by atoms with E-state index in [1.54, 1.807) is 13.8 Å². The van der Waals surface area contributed by atoms with Crippen LogP contribution in [0.1, 0.15) is 13.8 Å². The Hall–Kier alpha value is -1.48. The predicted octanol–water partition coefficient (Wildman–Crippen LogP) is -0.661. The Labute approximate surface area is 122 Å². The van der Waals surface area contributed by atoms with Crippen LogP contribution in [0.15, 0.2) is 12.2 Å². The van der Waals surface area contributed by atoms with Crippen molar-refractivity contribution < 1.29 is 38.7 Å².